The van der Waals surface area contributed by atoms with Crippen LogP contribution in [-0.2, 0) is 19.4 Å². The number of nitrogens with one attached hydrogen (secondary N) is 2. The summed E-state index contributed by atoms with van der Waals surface area (Å²) in [6.07, 6.45) is 4.70. The number of nitrogens with zero attached hydrogens (tertiary/aromatic N) is 3. The molecular formula is C25H26Cl2N6O4. The average molecular weight is 545 g/mol. The number of ether oxygens (including phenoxy) is 2. The third kappa shape index (κ3) is 5.40. The minimum Gasteiger partial charge on any atom is -0.493 e. The van der Waals surface area contributed by atoms with Crippen molar-refractivity contribution in [2.24, 2.45) is 0 Å². The van der Waals surface area contributed by atoms with Gasteiger partial charge in [0, 0.05) is 29.9 Å². The summed E-state index contributed by atoms with van der Waals surface area (Å²) in [6, 6.07) is 11.1. The number of methoxy groups -OCH3 is 2. The van der Waals surface area contributed by atoms with Gasteiger partial charge in [0.1, 0.15) is 11.3 Å². The highest BCUT2D eigenvalue weighted by Gasteiger charge is 2.15. The van der Waals surface area contributed by atoms with Gasteiger partial charge in [0.15, 0.2) is 17.1 Å². The monoisotopic (exact) mass is 544 g/mol. The van der Waals surface area contributed by atoms with Crippen molar-refractivity contribution in [1.82, 2.24) is 24.5 Å². The Morgan fingerprint density at radius 2 is 1.73 bits per heavy atom. The molecule has 5 rings (SSSR count). The zero-order valence-electron chi connectivity index (χ0n) is 20.1. The van der Waals surface area contributed by atoms with Crippen LogP contribution in [0.2, 0.25) is 0 Å². The number of pyridine rings is 1. The molecule has 0 saturated carbocycles. The van der Waals surface area contributed by atoms with E-state index in [1.165, 1.54) is 4.57 Å². The zero-order chi connectivity index (χ0) is 24.5. The molecular weight excluding hydrogens is 519 g/mol. The quantitative estimate of drug-likeness (QED) is 0.267. The van der Waals surface area contributed by atoms with Crippen LogP contribution in [0.3, 0.4) is 0 Å². The maximum atomic E-state index is 12.6. The molecule has 5 aromatic rings. The lowest BCUT2D eigenvalue weighted by atomic mass is 10.0. The number of hydrogen-bond acceptors (Lipinski definition) is 7. The number of nitrogen functional groups attached to an aromatic ring is 1. The first kappa shape index (κ1) is 27.6. The van der Waals surface area contributed by atoms with Crippen molar-refractivity contribution in [2.45, 2.75) is 19.4 Å². The predicted octanol–water partition coefficient (Wildman–Crippen LogP) is 3.24. The molecule has 0 unspecified atom stereocenters. The molecule has 0 aliphatic heterocycles. The fourth-order valence-corrected chi connectivity index (χ4v) is 4.24. The zero-order valence-corrected chi connectivity index (χ0v) is 21.7. The van der Waals surface area contributed by atoms with Crippen molar-refractivity contribution < 1.29 is 9.47 Å². The van der Waals surface area contributed by atoms with Gasteiger partial charge in [0.2, 0.25) is 0 Å². The van der Waals surface area contributed by atoms with Crippen molar-refractivity contribution >= 4 is 52.4 Å². The Kier molecular flexibility index (Phi) is 8.46. The molecule has 0 aliphatic carbocycles. The van der Waals surface area contributed by atoms with Gasteiger partial charge in [-0.25, -0.2) is 9.78 Å². The first-order valence-corrected chi connectivity index (χ1v) is 11.0. The molecule has 4 N–H and O–H groups in total. The predicted molar refractivity (Wildman–Crippen MR) is 148 cm³/mol. The fourth-order valence-electron chi connectivity index (χ4n) is 4.24. The molecule has 10 nitrogen and oxygen atoms in total. The third-order valence-corrected chi connectivity index (χ3v) is 5.95. The number of rotatable bonds is 7. The summed E-state index contributed by atoms with van der Waals surface area (Å²) in [5.41, 5.74) is 7.82. The average Bonchev–Trinajstić information content (AvgIpc) is 3.29. The van der Waals surface area contributed by atoms with E-state index in [-0.39, 0.29) is 36.9 Å². The van der Waals surface area contributed by atoms with Gasteiger partial charge in [0.05, 0.1) is 20.8 Å². The van der Waals surface area contributed by atoms with E-state index in [2.05, 4.69) is 19.9 Å². The van der Waals surface area contributed by atoms with Crippen LogP contribution in [0.25, 0.3) is 21.9 Å². The van der Waals surface area contributed by atoms with E-state index in [0.29, 0.717) is 41.5 Å². The van der Waals surface area contributed by atoms with E-state index in [1.807, 2.05) is 24.3 Å². The molecule has 0 aliphatic rings. The van der Waals surface area contributed by atoms with Gasteiger partial charge in [-0.15, -0.1) is 24.8 Å². The van der Waals surface area contributed by atoms with Crippen LogP contribution in [0.4, 0.5) is 5.69 Å². The van der Waals surface area contributed by atoms with Gasteiger partial charge in [-0.2, -0.15) is 0 Å². The lowest BCUT2D eigenvalue weighted by molar-refractivity contribution is 0.356. The first-order valence-electron chi connectivity index (χ1n) is 11.0. The highest BCUT2D eigenvalue weighted by molar-refractivity contribution is 5.88. The number of nitrogens with two attached hydrogens (primary N) is 1. The van der Waals surface area contributed by atoms with Gasteiger partial charge < -0.3 is 20.2 Å². The second-order valence-corrected chi connectivity index (χ2v) is 8.20. The van der Waals surface area contributed by atoms with Crippen molar-refractivity contribution in [1.29, 1.82) is 0 Å². The van der Waals surface area contributed by atoms with Crippen LogP contribution in [0.15, 0.2) is 58.4 Å². The lowest BCUT2D eigenvalue weighted by Gasteiger charge is -2.11. The molecule has 12 heteroatoms. The van der Waals surface area contributed by atoms with Crippen molar-refractivity contribution in [3.05, 3.63) is 86.6 Å². The fraction of sp³-hybridized carbons (Fsp3) is 0.200. The maximum Gasteiger partial charge on any atom is 0.330 e. The van der Waals surface area contributed by atoms with Gasteiger partial charge in [-0.05, 0) is 47.2 Å². The van der Waals surface area contributed by atoms with Crippen molar-refractivity contribution in [2.75, 3.05) is 20.0 Å². The Labute approximate surface area is 223 Å². The van der Waals surface area contributed by atoms with E-state index in [0.717, 1.165) is 21.9 Å². The van der Waals surface area contributed by atoms with Crippen LogP contribution in [0, 0.1) is 0 Å². The number of halogens is 2. The highest BCUT2D eigenvalue weighted by atomic mass is 35.5. The largest absolute Gasteiger partial charge is 0.493 e. The molecule has 0 fully saturated rings. The SMILES string of the molecule is COc1cc2cncc(CCc3nc4c([nH]3)c(=O)[nH]c(=O)n4Cc3cccc(N)c3)c2cc1OC.Cl.Cl. The number of fused-ring (bicyclic) bond motifs is 2. The molecule has 0 saturated heterocycles. The number of hydrogen-bond donors (Lipinski definition) is 3. The number of aromatic nitrogens is 5. The topological polar surface area (TPSA) is 141 Å². The highest BCUT2D eigenvalue weighted by Crippen LogP contribution is 2.33. The van der Waals surface area contributed by atoms with E-state index in [9.17, 15) is 9.59 Å². The minimum atomic E-state index is -0.526. The Morgan fingerprint density at radius 1 is 0.973 bits per heavy atom. The second kappa shape index (κ2) is 11.4. The standard InChI is InChI=1S/C25H24N6O4.2ClH/c1-34-19-9-16-12-27-11-15(18(16)10-20(19)35-2)6-7-21-28-22-23(29-21)31(25(33)30-24(22)32)13-14-4-3-5-17(26)8-14;;/h3-5,8-12H,6-7,13,26H2,1-2H3,(H,28,29)(H,30,32,33);2*1H. The Morgan fingerprint density at radius 3 is 2.46 bits per heavy atom. The number of imidazole rings is 1. The summed E-state index contributed by atoms with van der Waals surface area (Å²) < 4.78 is 12.3. The number of anilines is 1. The molecule has 0 spiro atoms. The summed E-state index contributed by atoms with van der Waals surface area (Å²) in [7, 11) is 3.19. The Hall–Kier alpha value is -4.02. The van der Waals surface area contributed by atoms with E-state index >= 15 is 0 Å². The van der Waals surface area contributed by atoms with Crippen LogP contribution in [-0.4, -0.2) is 38.7 Å². The summed E-state index contributed by atoms with van der Waals surface area (Å²) >= 11 is 0. The molecule has 3 aromatic heterocycles. The first-order chi connectivity index (χ1) is 17.0. The van der Waals surface area contributed by atoms with E-state index in [1.54, 1.807) is 38.7 Å². The van der Waals surface area contributed by atoms with Crippen LogP contribution < -0.4 is 26.5 Å². The smallest absolute Gasteiger partial charge is 0.330 e. The summed E-state index contributed by atoms with van der Waals surface area (Å²) in [4.78, 5) is 39.4. The molecule has 3 heterocycles. The van der Waals surface area contributed by atoms with Crippen LogP contribution in [0.1, 0.15) is 17.0 Å². The van der Waals surface area contributed by atoms with Crippen molar-refractivity contribution in [3.8, 4) is 11.5 Å². The molecule has 2 aromatic carbocycles. The lowest BCUT2D eigenvalue weighted by Crippen LogP contribution is -2.30. The van der Waals surface area contributed by atoms with E-state index < -0.39 is 11.2 Å². The number of benzene rings is 2. The molecule has 37 heavy (non-hydrogen) atoms. The van der Waals surface area contributed by atoms with Gasteiger partial charge in [0.25, 0.3) is 5.56 Å². The normalized spacial score (nSPS) is 10.6. The third-order valence-electron chi connectivity index (χ3n) is 5.95. The molecule has 194 valence electrons. The number of H-pyrrole nitrogens is 2. The summed E-state index contributed by atoms with van der Waals surface area (Å²) in [6.45, 7) is 0.232. The molecule has 0 atom stereocenters. The molecule has 0 amide bonds. The van der Waals surface area contributed by atoms with E-state index in [4.69, 9.17) is 15.2 Å². The number of aryl methyl sites for hydroxylation is 2. The minimum absolute atomic E-state index is 0. The Balaban J connectivity index is 0.00000190. The van der Waals surface area contributed by atoms with Crippen molar-refractivity contribution in [3.63, 3.8) is 0 Å². The maximum absolute atomic E-state index is 12.6. The number of aromatic amines is 2. The van der Waals surface area contributed by atoms with Crippen LogP contribution in [0.5, 0.6) is 11.5 Å². The molecule has 0 radical (unpaired) electrons. The van der Waals surface area contributed by atoms with Gasteiger partial charge in [-0.1, -0.05) is 12.1 Å². The summed E-state index contributed by atoms with van der Waals surface area (Å²) in [5.74, 6) is 1.86. The molecule has 0 bridgehead atoms. The van der Waals surface area contributed by atoms with Crippen LogP contribution >= 0.6 is 24.8 Å². The van der Waals surface area contributed by atoms with Gasteiger partial charge in [-0.3, -0.25) is 19.3 Å². The second-order valence-electron chi connectivity index (χ2n) is 8.20. The van der Waals surface area contributed by atoms with Gasteiger partial charge >= 0.3 is 5.69 Å². The summed E-state index contributed by atoms with van der Waals surface area (Å²) in [5, 5.41) is 1.92. The Bertz CT molecular complexity index is 1680.